The minimum absolute atomic E-state index is 0.0687. The predicted molar refractivity (Wildman–Crippen MR) is 68.4 cm³/mol. The normalized spacial score (nSPS) is 10.0. The van der Waals surface area contributed by atoms with Crippen molar-refractivity contribution in [1.29, 1.82) is 0 Å². The van der Waals surface area contributed by atoms with Gasteiger partial charge in [-0.1, -0.05) is 11.6 Å². The standard InChI is InChI=1S/C11H13ClN2O4/c1-4-18-11(15)7-5-8(12)10(13(2)3)9(6-7)14(16)17/h5-6H,4H2,1-3H3. The van der Waals surface area contributed by atoms with Gasteiger partial charge < -0.3 is 9.64 Å². The molecule has 1 aromatic rings. The van der Waals surface area contributed by atoms with Gasteiger partial charge in [0.15, 0.2) is 0 Å². The SMILES string of the molecule is CCOC(=O)c1cc(Cl)c(N(C)C)c([N+](=O)[O-])c1. The molecule has 0 aliphatic heterocycles. The number of hydrogen-bond acceptors (Lipinski definition) is 5. The molecule has 6 nitrogen and oxygen atoms in total. The second kappa shape index (κ2) is 5.68. The summed E-state index contributed by atoms with van der Waals surface area (Å²) in [5.41, 5.74) is 0.101. The third kappa shape index (κ3) is 2.89. The Hall–Kier alpha value is -1.82. The molecule has 0 amide bonds. The lowest BCUT2D eigenvalue weighted by Crippen LogP contribution is -2.13. The summed E-state index contributed by atoms with van der Waals surface area (Å²) in [4.78, 5) is 23.5. The predicted octanol–water partition coefficient (Wildman–Crippen LogP) is 2.49. The summed E-state index contributed by atoms with van der Waals surface area (Å²) in [6.45, 7) is 1.85. The maximum atomic E-state index is 11.5. The molecular weight excluding hydrogens is 260 g/mol. The first-order valence-electron chi connectivity index (χ1n) is 5.20. The Kier molecular flexibility index (Phi) is 4.49. The summed E-state index contributed by atoms with van der Waals surface area (Å²) >= 11 is 5.96. The molecule has 0 N–H and O–H groups in total. The maximum Gasteiger partial charge on any atom is 0.338 e. The quantitative estimate of drug-likeness (QED) is 0.478. The van der Waals surface area contributed by atoms with E-state index in [-0.39, 0.29) is 28.6 Å². The van der Waals surface area contributed by atoms with E-state index < -0.39 is 10.9 Å². The van der Waals surface area contributed by atoms with Crippen molar-refractivity contribution in [3.63, 3.8) is 0 Å². The number of carbonyl (C=O) groups excluding carboxylic acids is 1. The number of benzene rings is 1. The second-order valence-electron chi connectivity index (χ2n) is 3.70. The number of hydrogen-bond donors (Lipinski definition) is 0. The summed E-state index contributed by atoms with van der Waals surface area (Å²) in [6, 6.07) is 2.53. The molecule has 0 bridgehead atoms. The van der Waals surface area contributed by atoms with Gasteiger partial charge in [0.05, 0.1) is 22.1 Å². The van der Waals surface area contributed by atoms with Crippen molar-refractivity contribution in [2.75, 3.05) is 25.6 Å². The highest BCUT2D eigenvalue weighted by atomic mass is 35.5. The van der Waals surface area contributed by atoms with Crippen LogP contribution in [0, 0.1) is 10.1 Å². The van der Waals surface area contributed by atoms with E-state index in [0.717, 1.165) is 0 Å². The largest absolute Gasteiger partial charge is 0.462 e. The first-order valence-corrected chi connectivity index (χ1v) is 5.58. The van der Waals surface area contributed by atoms with Gasteiger partial charge in [-0.05, 0) is 13.0 Å². The van der Waals surface area contributed by atoms with Crippen molar-refractivity contribution >= 4 is 28.9 Å². The fourth-order valence-corrected chi connectivity index (χ4v) is 1.88. The van der Waals surface area contributed by atoms with E-state index >= 15 is 0 Å². The number of nitro benzene ring substituents is 1. The molecular formula is C11H13ClN2O4. The molecule has 0 saturated heterocycles. The van der Waals surface area contributed by atoms with Crippen LogP contribution in [0.2, 0.25) is 5.02 Å². The van der Waals surface area contributed by atoms with Crippen LogP contribution < -0.4 is 4.90 Å². The molecule has 0 fully saturated rings. The van der Waals surface area contributed by atoms with E-state index in [2.05, 4.69) is 0 Å². The topological polar surface area (TPSA) is 72.7 Å². The Balaban J connectivity index is 3.36. The molecule has 1 rings (SSSR count). The van der Waals surface area contributed by atoms with E-state index in [1.165, 1.54) is 17.0 Å². The van der Waals surface area contributed by atoms with Gasteiger partial charge in [-0.15, -0.1) is 0 Å². The number of carbonyl (C=O) groups is 1. The first kappa shape index (κ1) is 14.2. The smallest absolute Gasteiger partial charge is 0.338 e. The summed E-state index contributed by atoms with van der Waals surface area (Å²) in [6.07, 6.45) is 0. The van der Waals surface area contributed by atoms with Gasteiger partial charge in [-0.3, -0.25) is 10.1 Å². The Morgan fingerprint density at radius 1 is 1.50 bits per heavy atom. The van der Waals surface area contributed by atoms with Gasteiger partial charge in [0.25, 0.3) is 5.69 Å². The van der Waals surface area contributed by atoms with Gasteiger partial charge in [0, 0.05) is 20.2 Å². The maximum absolute atomic E-state index is 11.5. The third-order valence-corrected chi connectivity index (χ3v) is 2.49. The van der Waals surface area contributed by atoms with Crippen molar-refractivity contribution < 1.29 is 14.5 Å². The fourth-order valence-electron chi connectivity index (χ4n) is 1.50. The first-order chi connectivity index (χ1) is 8.38. The van der Waals surface area contributed by atoms with Crippen molar-refractivity contribution in [3.05, 3.63) is 32.8 Å². The van der Waals surface area contributed by atoms with Gasteiger partial charge in [0.1, 0.15) is 5.69 Å². The number of anilines is 1. The van der Waals surface area contributed by atoms with Gasteiger partial charge in [-0.2, -0.15) is 0 Å². The fraction of sp³-hybridized carbons (Fsp3) is 0.364. The average Bonchev–Trinajstić information content (AvgIpc) is 2.27. The highest BCUT2D eigenvalue weighted by Gasteiger charge is 2.23. The van der Waals surface area contributed by atoms with Crippen molar-refractivity contribution in [2.24, 2.45) is 0 Å². The molecule has 0 aliphatic carbocycles. The molecule has 0 heterocycles. The van der Waals surface area contributed by atoms with Crippen LogP contribution in [0.3, 0.4) is 0 Å². The molecule has 0 radical (unpaired) electrons. The van der Waals surface area contributed by atoms with Gasteiger partial charge in [-0.25, -0.2) is 4.79 Å². The highest BCUT2D eigenvalue weighted by Crippen LogP contribution is 2.35. The minimum atomic E-state index is -0.632. The Bertz CT molecular complexity index is 488. The molecule has 0 saturated carbocycles. The van der Waals surface area contributed by atoms with E-state index in [0.29, 0.717) is 0 Å². The van der Waals surface area contributed by atoms with E-state index in [4.69, 9.17) is 16.3 Å². The molecule has 0 aliphatic rings. The van der Waals surface area contributed by atoms with Crippen molar-refractivity contribution in [1.82, 2.24) is 0 Å². The number of esters is 1. The summed E-state index contributed by atoms with van der Waals surface area (Å²) in [7, 11) is 3.27. The number of nitro groups is 1. The zero-order chi connectivity index (χ0) is 13.9. The summed E-state index contributed by atoms with van der Waals surface area (Å²) in [5.74, 6) is -0.632. The van der Waals surface area contributed by atoms with E-state index in [1.807, 2.05) is 0 Å². The monoisotopic (exact) mass is 272 g/mol. The van der Waals surface area contributed by atoms with Crippen LogP contribution in [0.25, 0.3) is 0 Å². The molecule has 0 spiro atoms. The molecule has 0 aromatic heterocycles. The number of nitrogens with zero attached hydrogens (tertiary/aromatic N) is 2. The lowest BCUT2D eigenvalue weighted by molar-refractivity contribution is -0.384. The van der Waals surface area contributed by atoms with Crippen LogP contribution in [-0.2, 0) is 4.74 Å². The van der Waals surface area contributed by atoms with Crippen LogP contribution in [0.4, 0.5) is 11.4 Å². The molecule has 0 atom stereocenters. The van der Waals surface area contributed by atoms with Crippen LogP contribution in [0.5, 0.6) is 0 Å². The molecule has 0 unspecified atom stereocenters. The summed E-state index contributed by atoms with van der Waals surface area (Å²) < 4.78 is 4.78. The zero-order valence-electron chi connectivity index (χ0n) is 10.3. The Morgan fingerprint density at radius 2 is 2.11 bits per heavy atom. The summed E-state index contributed by atoms with van der Waals surface area (Å²) in [5, 5.41) is 11.1. The van der Waals surface area contributed by atoms with Crippen LogP contribution in [-0.4, -0.2) is 31.6 Å². The molecule has 1 aromatic carbocycles. The van der Waals surface area contributed by atoms with E-state index in [9.17, 15) is 14.9 Å². The number of rotatable bonds is 4. The Morgan fingerprint density at radius 3 is 2.56 bits per heavy atom. The van der Waals surface area contributed by atoms with Crippen molar-refractivity contribution in [3.8, 4) is 0 Å². The third-order valence-electron chi connectivity index (χ3n) is 2.20. The lowest BCUT2D eigenvalue weighted by Gasteiger charge is -2.15. The minimum Gasteiger partial charge on any atom is -0.462 e. The van der Waals surface area contributed by atoms with Crippen LogP contribution in [0.1, 0.15) is 17.3 Å². The van der Waals surface area contributed by atoms with Gasteiger partial charge >= 0.3 is 5.97 Å². The number of halogens is 1. The van der Waals surface area contributed by atoms with E-state index in [1.54, 1.807) is 21.0 Å². The molecule has 18 heavy (non-hydrogen) atoms. The van der Waals surface area contributed by atoms with Crippen LogP contribution >= 0.6 is 11.6 Å². The van der Waals surface area contributed by atoms with Crippen LogP contribution in [0.15, 0.2) is 12.1 Å². The molecule has 7 heteroatoms. The number of ether oxygens (including phenoxy) is 1. The Labute approximate surface area is 109 Å². The highest BCUT2D eigenvalue weighted by molar-refractivity contribution is 6.34. The lowest BCUT2D eigenvalue weighted by atomic mass is 10.1. The second-order valence-corrected chi connectivity index (χ2v) is 4.11. The average molecular weight is 273 g/mol. The van der Waals surface area contributed by atoms with Gasteiger partial charge in [0.2, 0.25) is 0 Å². The molecule has 98 valence electrons. The van der Waals surface area contributed by atoms with Crippen molar-refractivity contribution in [2.45, 2.75) is 6.92 Å². The zero-order valence-corrected chi connectivity index (χ0v) is 11.0.